The van der Waals surface area contributed by atoms with Crippen LogP contribution in [-0.2, 0) is 14.8 Å². The van der Waals surface area contributed by atoms with Crippen LogP contribution in [0.4, 0.5) is 11.4 Å². The quantitative estimate of drug-likeness (QED) is 0.765. The molecule has 8 heteroatoms. The molecule has 1 aliphatic rings. The third-order valence-corrected chi connectivity index (χ3v) is 5.84. The van der Waals surface area contributed by atoms with E-state index in [1.807, 2.05) is 36.4 Å². The fourth-order valence-electron chi connectivity index (χ4n) is 3.21. The molecule has 7 nitrogen and oxygen atoms in total. The molecule has 0 N–H and O–H groups in total. The lowest BCUT2D eigenvalue weighted by atomic mass is 10.2. The Hall–Kier alpha value is -3.05. The lowest BCUT2D eigenvalue weighted by Gasteiger charge is -2.37. The number of piperazine rings is 1. The molecule has 3 rings (SSSR count). The number of sulfonamides is 1. The van der Waals surface area contributed by atoms with Gasteiger partial charge in [0.2, 0.25) is 15.9 Å². The number of amides is 1. The van der Waals surface area contributed by atoms with Gasteiger partial charge in [-0.2, -0.15) is 5.26 Å². The number of rotatable bonds is 5. The Morgan fingerprint density at radius 2 is 1.75 bits per heavy atom. The van der Waals surface area contributed by atoms with E-state index in [9.17, 15) is 13.2 Å². The molecule has 0 atom stereocenters. The van der Waals surface area contributed by atoms with E-state index in [1.54, 1.807) is 23.1 Å². The molecule has 28 heavy (non-hydrogen) atoms. The van der Waals surface area contributed by atoms with E-state index >= 15 is 0 Å². The minimum atomic E-state index is -3.66. The summed E-state index contributed by atoms with van der Waals surface area (Å²) in [6.07, 6.45) is 1.06. The number of hydrogen-bond donors (Lipinski definition) is 0. The van der Waals surface area contributed by atoms with Crippen molar-refractivity contribution in [3.63, 3.8) is 0 Å². The fraction of sp³-hybridized carbons (Fsp3) is 0.300. The van der Waals surface area contributed by atoms with Crippen molar-refractivity contribution in [1.29, 1.82) is 5.26 Å². The zero-order valence-corrected chi connectivity index (χ0v) is 16.5. The molecule has 0 radical (unpaired) electrons. The number of benzene rings is 2. The van der Waals surface area contributed by atoms with Crippen molar-refractivity contribution >= 4 is 27.3 Å². The van der Waals surface area contributed by atoms with Gasteiger partial charge in [0, 0.05) is 31.9 Å². The highest BCUT2D eigenvalue weighted by molar-refractivity contribution is 7.92. The van der Waals surface area contributed by atoms with Gasteiger partial charge in [0.05, 0.1) is 23.6 Å². The van der Waals surface area contributed by atoms with Gasteiger partial charge in [-0.05, 0) is 30.3 Å². The third kappa shape index (κ3) is 4.61. The first kappa shape index (κ1) is 19.7. The Labute approximate surface area is 165 Å². The molecule has 0 unspecified atom stereocenters. The largest absolute Gasteiger partial charge is 0.368 e. The maximum Gasteiger partial charge on any atom is 0.243 e. The average molecular weight is 398 g/mol. The molecule has 0 saturated carbocycles. The van der Waals surface area contributed by atoms with Crippen molar-refractivity contribution in [3.05, 3.63) is 60.2 Å². The van der Waals surface area contributed by atoms with Crippen molar-refractivity contribution in [2.24, 2.45) is 0 Å². The van der Waals surface area contributed by atoms with Crippen LogP contribution in [0.25, 0.3) is 0 Å². The van der Waals surface area contributed by atoms with Crippen LogP contribution in [0.3, 0.4) is 0 Å². The Kier molecular flexibility index (Phi) is 5.85. The minimum Gasteiger partial charge on any atom is -0.368 e. The first-order valence-electron chi connectivity index (χ1n) is 8.94. The highest BCUT2D eigenvalue weighted by Crippen LogP contribution is 2.20. The molecular weight excluding hydrogens is 376 g/mol. The molecule has 2 aromatic carbocycles. The summed E-state index contributed by atoms with van der Waals surface area (Å²) in [7, 11) is -3.66. The molecule has 2 aromatic rings. The van der Waals surface area contributed by atoms with E-state index in [1.165, 1.54) is 6.07 Å². The monoisotopic (exact) mass is 398 g/mol. The predicted molar refractivity (Wildman–Crippen MR) is 109 cm³/mol. The Morgan fingerprint density at radius 3 is 2.36 bits per heavy atom. The van der Waals surface area contributed by atoms with Gasteiger partial charge < -0.3 is 9.80 Å². The molecule has 0 spiro atoms. The number of nitriles is 1. The van der Waals surface area contributed by atoms with Gasteiger partial charge in [0.15, 0.2) is 0 Å². The second kappa shape index (κ2) is 8.31. The normalized spacial score (nSPS) is 14.4. The molecule has 1 fully saturated rings. The number of carbonyl (C=O) groups excluding carboxylic acids is 1. The Balaban J connectivity index is 1.69. The maximum atomic E-state index is 12.8. The van der Waals surface area contributed by atoms with Crippen LogP contribution < -0.4 is 9.21 Å². The van der Waals surface area contributed by atoms with Crippen LogP contribution in [0.15, 0.2) is 54.6 Å². The average Bonchev–Trinajstić information content (AvgIpc) is 2.71. The highest BCUT2D eigenvalue weighted by atomic mass is 32.2. The third-order valence-electron chi connectivity index (χ3n) is 4.70. The van der Waals surface area contributed by atoms with Crippen molar-refractivity contribution in [1.82, 2.24) is 4.90 Å². The number of hydrogen-bond acceptors (Lipinski definition) is 5. The lowest BCUT2D eigenvalue weighted by molar-refractivity contribution is -0.129. The zero-order chi connectivity index (χ0) is 20.1. The number of para-hydroxylation sites is 1. The molecule has 146 valence electrons. The predicted octanol–water partition coefficient (Wildman–Crippen LogP) is 1.67. The molecule has 0 bridgehead atoms. The van der Waals surface area contributed by atoms with Crippen LogP contribution in [0.5, 0.6) is 0 Å². The SMILES string of the molecule is CS(=O)(=O)N(CC(=O)N1CCN(c2ccccc2)CC1)c1cccc(C#N)c1. The van der Waals surface area contributed by atoms with E-state index < -0.39 is 10.0 Å². The van der Waals surface area contributed by atoms with E-state index in [2.05, 4.69) is 4.90 Å². The number of carbonyl (C=O) groups is 1. The van der Waals surface area contributed by atoms with Gasteiger partial charge in [-0.3, -0.25) is 9.10 Å². The van der Waals surface area contributed by atoms with Crippen molar-refractivity contribution in [3.8, 4) is 6.07 Å². The molecular formula is C20H22N4O3S. The summed E-state index contributed by atoms with van der Waals surface area (Å²) >= 11 is 0. The summed E-state index contributed by atoms with van der Waals surface area (Å²) in [4.78, 5) is 16.7. The topological polar surface area (TPSA) is 84.7 Å². The van der Waals surface area contributed by atoms with Gasteiger partial charge >= 0.3 is 0 Å². The number of anilines is 2. The molecule has 1 amide bonds. The highest BCUT2D eigenvalue weighted by Gasteiger charge is 2.26. The van der Waals surface area contributed by atoms with Crippen molar-refractivity contribution < 1.29 is 13.2 Å². The molecule has 0 aliphatic carbocycles. The molecule has 1 heterocycles. The summed E-state index contributed by atoms with van der Waals surface area (Å²) in [5.74, 6) is -0.250. The summed E-state index contributed by atoms with van der Waals surface area (Å²) < 4.78 is 25.6. The van der Waals surface area contributed by atoms with Gasteiger partial charge in [0.25, 0.3) is 0 Å². The van der Waals surface area contributed by atoms with Crippen LogP contribution in [0.2, 0.25) is 0 Å². The van der Waals surface area contributed by atoms with Gasteiger partial charge in [-0.1, -0.05) is 24.3 Å². The van der Waals surface area contributed by atoms with E-state index in [4.69, 9.17) is 5.26 Å². The molecule has 1 saturated heterocycles. The Bertz CT molecular complexity index is 978. The van der Waals surface area contributed by atoms with Gasteiger partial charge in [-0.15, -0.1) is 0 Å². The second-order valence-corrected chi connectivity index (χ2v) is 8.54. The van der Waals surface area contributed by atoms with Crippen LogP contribution >= 0.6 is 0 Å². The van der Waals surface area contributed by atoms with E-state index in [0.29, 0.717) is 37.4 Å². The van der Waals surface area contributed by atoms with Gasteiger partial charge in [-0.25, -0.2) is 8.42 Å². The molecule has 0 aromatic heterocycles. The van der Waals surface area contributed by atoms with Gasteiger partial charge in [0.1, 0.15) is 6.54 Å². The summed E-state index contributed by atoms with van der Waals surface area (Å²) in [5, 5.41) is 9.05. The van der Waals surface area contributed by atoms with Crippen LogP contribution in [0, 0.1) is 11.3 Å². The summed E-state index contributed by atoms with van der Waals surface area (Å²) in [5.41, 5.74) is 1.77. The fourth-order valence-corrected chi connectivity index (χ4v) is 4.05. The first-order valence-corrected chi connectivity index (χ1v) is 10.8. The van der Waals surface area contributed by atoms with Crippen LogP contribution in [-0.4, -0.2) is 58.2 Å². The second-order valence-electron chi connectivity index (χ2n) is 6.64. The Morgan fingerprint density at radius 1 is 1.07 bits per heavy atom. The molecule has 1 aliphatic heterocycles. The van der Waals surface area contributed by atoms with E-state index in [-0.39, 0.29) is 12.5 Å². The van der Waals surface area contributed by atoms with Crippen molar-refractivity contribution in [2.75, 3.05) is 48.2 Å². The van der Waals surface area contributed by atoms with Crippen molar-refractivity contribution in [2.45, 2.75) is 0 Å². The minimum absolute atomic E-state index is 0.250. The standard InChI is InChI=1S/C20H22N4O3S/c1-28(26,27)24(19-9-5-6-17(14-19)15-21)16-20(25)23-12-10-22(11-13-23)18-7-3-2-4-8-18/h2-9,14H,10-13,16H2,1H3. The summed E-state index contributed by atoms with van der Waals surface area (Å²) in [6.45, 7) is 2.17. The number of nitrogens with zero attached hydrogens (tertiary/aromatic N) is 4. The summed E-state index contributed by atoms with van der Waals surface area (Å²) in [6, 6.07) is 18.2. The smallest absolute Gasteiger partial charge is 0.243 e. The maximum absolute atomic E-state index is 12.8. The zero-order valence-electron chi connectivity index (χ0n) is 15.7. The van der Waals surface area contributed by atoms with Crippen LogP contribution in [0.1, 0.15) is 5.56 Å². The first-order chi connectivity index (χ1) is 13.4. The lowest BCUT2D eigenvalue weighted by Crippen LogP contribution is -2.52. The van der Waals surface area contributed by atoms with E-state index in [0.717, 1.165) is 16.2 Å².